The predicted molar refractivity (Wildman–Crippen MR) is 64.3 cm³/mol. The summed E-state index contributed by atoms with van der Waals surface area (Å²) in [5.74, 6) is 0.198. The van der Waals surface area contributed by atoms with Crippen molar-refractivity contribution in [2.24, 2.45) is 0 Å². The lowest BCUT2D eigenvalue weighted by Crippen LogP contribution is -2.21. The molecule has 1 aromatic heterocycles. The Hall–Kier alpha value is -1.24. The lowest BCUT2D eigenvalue weighted by molar-refractivity contribution is 0.283. The van der Waals surface area contributed by atoms with E-state index in [0.717, 1.165) is 15.7 Å². The van der Waals surface area contributed by atoms with E-state index in [1.807, 2.05) is 24.5 Å². The molecule has 0 unspecified atom stereocenters. The fraction of sp³-hybridized carbons (Fsp3) is 0.100. The molecule has 82 valence electrons. The zero-order chi connectivity index (χ0) is 11.5. The Balaban J connectivity index is 2.50. The minimum atomic E-state index is -1.84. The number of nitrogens with zero attached hydrogens (tertiary/aromatic N) is 1. The van der Waals surface area contributed by atoms with E-state index in [1.54, 1.807) is 24.0 Å². The van der Waals surface area contributed by atoms with Crippen molar-refractivity contribution in [3.8, 4) is 5.88 Å². The van der Waals surface area contributed by atoms with Crippen LogP contribution in [0.3, 0.4) is 0 Å². The molecule has 6 heteroatoms. The molecule has 1 aromatic carbocycles. The molecule has 0 atom stereocenters. The highest BCUT2D eigenvalue weighted by Gasteiger charge is 2.12. The van der Waals surface area contributed by atoms with Crippen molar-refractivity contribution in [2.45, 2.75) is 4.90 Å². The number of thioether (sulfide) groups is 1. The molecular formula is C10H10BNO3S. The second-order valence-corrected chi connectivity index (χ2v) is 4.00. The number of benzene rings is 1. The number of hydrogen-bond acceptors (Lipinski definition) is 5. The number of hydrogen-bond donors (Lipinski definition) is 2. The molecule has 0 saturated carbocycles. The molecule has 0 spiro atoms. The molecule has 4 nitrogen and oxygen atoms in total. The minimum absolute atomic E-state index is 0.198. The summed E-state index contributed by atoms with van der Waals surface area (Å²) in [7, 11) is -1.84. The van der Waals surface area contributed by atoms with Gasteiger partial charge in [0.05, 0.1) is 0 Å². The van der Waals surface area contributed by atoms with Crippen molar-refractivity contribution in [1.29, 1.82) is 0 Å². The largest absolute Gasteiger partial charge is 0.708 e. The molecule has 0 radical (unpaired) electrons. The van der Waals surface area contributed by atoms with Gasteiger partial charge in [-0.2, -0.15) is 0 Å². The first-order chi connectivity index (χ1) is 7.70. The normalized spacial score (nSPS) is 10.4. The first-order valence-corrected chi connectivity index (χ1v) is 5.89. The highest BCUT2D eigenvalue weighted by molar-refractivity contribution is 7.98. The van der Waals surface area contributed by atoms with Gasteiger partial charge in [-0.05, 0) is 12.3 Å². The first-order valence-electron chi connectivity index (χ1n) is 4.66. The van der Waals surface area contributed by atoms with Crippen LogP contribution in [0.2, 0.25) is 0 Å². The Morgan fingerprint density at radius 2 is 2.19 bits per heavy atom. The smallest absolute Gasteiger partial charge is 0.498 e. The SMILES string of the molecule is CSc1cccc2cnc(OB(O)O)cc12. The number of pyridine rings is 1. The van der Waals surface area contributed by atoms with Gasteiger partial charge in [0.15, 0.2) is 5.88 Å². The molecule has 0 aliphatic rings. The first kappa shape index (κ1) is 11.3. The van der Waals surface area contributed by atoms with Gasteiger partial charge in [0.2, 0.25) is 0 Å². The fourth-order valence-electron chi connectivity index (χ4n) is 1.47. The number of rotatable bonds is 3. The maximum atomic E-state index is 8.69. The Morgan fingerprint density at radius 1 is 1.38 bits per heavy atom. The summed E-state index contributed by atoms with van der Waals surface area (Å²) in [4.78, 5) is 5.07. The van der Waals surface area contributed by atoms with Crippen molar-refractivity contribution < 1.29 is 14.7 Å². The summed E-state index contributed by atoms with van der Waals surface area (Å²) < 4.78 is 4.71. The van der Waals surface area contributed by atoms with Gasteiger partial charge in [0.25, 0.3) is 0 Å². The van der Waals surface area contributed by atoms with E-state index in [2.05, 4.69) is 4.98 Å². The topological polar surface area (TPSA) is 62.6 Å². The van der Waals surface area contributed by atoms with Crippen LogP contribution in [0.5, 0.6) is 5.88 Å². The van der Waals surface area contributed by atoms with Crippen molar-refractivity contribution in [1.82, 2.24) is 4.98 Å². The van der Waals surface area contributed by atoms with Gasteiger partial charge in [0.1, 0.15) is 0 Å². The Morgan fingerprint density at radius 3 is 2.88 bits per heavy atom. The maximum Gasteiger partial charge on any atom is 0.708 e. The second kappa shape index (κ2) is 4.73. The van der Waals surface area contributed by atoms with Crippen LogP contribution in [0.4, 0.5) is 0 Å². The van der Waals surface area contributed by atoms with Gasteiger partial charge < -0.3 is 14.7 Å². The summed E-state index contributed by atoms with van der Waals surface area (Å²) >= 11 is 1.62. The van der Waals surface area contributed by atoms with E-state index in [4.69, 9.17) is 14.7 Å². The molecule has 0 bridgehead atoms. The minimum Gasteiger partial charge on any atom is -0.498 e. The third-order valence-corrected chi connectivity index (χ3v) is 2.94. The summed E-state index contributed by atoms with van der Waals surface area (Å²) in [5, 5.41) is 19.4. The van der Waals surface area contributed by atoms with Crippen LogP contribution in [-0.4, -0.2) is 28.6 Å². The van der Waals surface area contributed by atoms with Gasteiger partial charge >= 0.3 is 7.32 Å². The standard InChI is InChI=1S/C10H10BNO3S/c1-16-9-4-2-3-7-6-12-10(5-8(7)9)15-11(13)14/h2-6,13-14H,1H3. The maximum absolute atomic E-state index is 8.69. The summed E-state index contributed by atoms with van der Waals surface area (Å²) in [6.07, 6.45) is 3.63. The van der Waals surface area contributed by atoms with Crippen molar-refractivity contribution in [3.05, 3.63) is 30.5 Å². The van der Waals surface area contributed by atoms with E-state index in [-0.39, 0.29) is 5.88 Å². The molecule has 0 fully saturated rings. The van der Waals surface area contributed by atoms with Crippen LogP contribution in [-0.2, 0) is 0 Å². The zero-order valence-corrected chi connectivity index (χ0v) is 9.44. The predicted octanol–water partition coefficient (Wildman–Crippen LogP) is 1.30. The van der Waals surface area contributed by atoms with Gasteiger partial charge in [-0.15, -0.1) is 11.8 Å². The number of fused-ring (bicyclic) bond motifs is 1. The van der Waals surface area contributed by atoms with Gasteiger partial charge in [-0.1, -0.05) is 12.1 Å². The van der Waals surface area contributed by atoms with E-state index >= 15 is 0 Å². The molecule has 0 amide bonds. The zero-order valence-electron chi connectivity index (χ0n) is 8.62. The molecule has 0 aliphatic carbocycles. The molecule has 2 rings (SSSR count). The average Bonchev–Trinajstić information content (AvgIpc) is 2.27. The number of aromatic nitrogens is 1. The summed E-state index contributed by atoms with van der Waals surface area (Å²) in [6, 6.07) is 7.59. The van der Waals surface area contributed by atoms with Crippen LogP contribution < -0.4 is 4.65 Å². The summed E-state index contributed by atoms with van der Waals surface area (Å²) in [6.45, 7) is 0. The molecule has 0 aliphatic heterocycles. The van der Waals surface area contributed by atoms with E-state index in [0.29, 0.717) is 0 Å². The third kappa shape index (κ3) is 2.29. The molecule has 0 saturated heterocycles. The highest BCUT2D eigenvalue weighted by atomic mass is 32.2. The van der Waals surface area contributed by atoms with Crippen molar-refractivity contribution in [2.75, 3.05) is 6.26 Å². The van der Waals surface area contributed by atoms with Gasteiger partial charge in [-0.25, -0.2) is 4.98 Å². The Labute approximate surface area is 97.5 Å². The molecule has 1 heterocycles. The third-order valence-electron chi connectivity index (χ3n) is 2.14. The molecular weight excluding hydrogens is 225 g/mol. The van der Waals surface area contributed by atoms with Crippen molar-refractivity contribution >= 4 is 29.9 Å². The Kier molecular flexibility index (Phi) is 3.33. The van der Waals surface area contributed by atoms with E-state index in [9.17, 15) is 0 Å². The van der Waals surface area contributed by atoms with Crippen LogP contribution in [0.15, 0.2) is 35.4 Å². The fourth-order valence-corrected chi connectivity index (χ4v) is 2.08. The van der Waals surface area contributed by atoms with Crippen LogP contribution >= 0.6 is 11.8 Å². The van der Waals surface area contributed by atoms with Gasteiger partial charge in [-0.3, -0.25) is 0 Å². The summed E-state index contributed by atoms with van der Waals surface area (Å²) in [5.41, 5.74) is 0. The van der Waals surface area contributed by atoms with Gasteiger partial charge in [0, 0.05) is 27.9 Å². The molecule has 16 heavy (non-hydrogen) atoms. The van der Waals surface area contributed by atoms with Crippen LogP contribution in [0, 0.1) is 0 Å². The van der Waals surface area contributed by atoms with E-state index < -0.39 is 7.32 Å². The second-order valence-electron chi connectivity index (χ2n) is 3.15. The van der Waals surface area contributed by atoms with Crippen molar-refractivity contribution in [3.63, 3.8) is 0 Å². The molecule has 2 aromatic rings. The van der Waals surface area contributed by atoms with Crippen LogP contribution in [0.25, 0.3) is 10.8 Å². The lowest BCUT2D eigenvalue weighted by Gasteiger charge is -2.07. The quantitative estimate of drug-likeness (QED) is 0.620. The Bertz CT molecular complexity index is 506. The van der Waals surface area contributed by atoms with E-state index in [1.165, 1.54) is 0 Å². The highest BCUT2D eigenvalue weighted by Crippen LogP contribution is 2.27. The average molecular weight is 235 g/mol. The van der Waals surface area contributed by atoms with Crippen LogP contribution in [0.1, 0.15) is 0 Å². The lowest BCUT2D eigenvalue weighted by atomic mass is 10.2. The monoisotopic (exact) mass is 235 g/mol. The molecule has 2 N–H and O–H groups in total.